The third kappa shape index (κ3) is 1.59. The predicted octanol–water partition coefficient (Wildman–Crippen LogP) is 3.73. The molecule has 1 N–H and O–H groups in total. The van der Waals surface area contributed by atoms with E-state index in [2.05, 4.69) is 48.3 Å². The van der Waals surface area contributed by atoms with Gasteiger partial charge in [0.25, 0.3) is 0 Å². The topological polar surface area (TPSA) is 41.6 Å². The molecule has 20 heavy (non-hydrogen) atoms. The van der Waals surface area contributed by atoms with Gasteiger partial charge in [0.2, 0.25) is 0 Å². The van der Waals surface area contributed by atoms with Gasteiger partial charge in [-0.25, -0.2) is 4.98 Å². The minimum absolute atomic E-state index is 0.860. The number of hydrogen-bond acceptors (Lipinski definition) is 2. The molecule has 0 unspecified atom stereocenters. The average molecular weight is 263 g/mol. The highest BCUT2D eigenvalue weighted by Crippen LogP contribution is 2.36. The van der Waals surface area contributed by atoms with E-state index in [0.717, 1.165) is 29.9 Å². The van der Waals surface area contributed by atoms with E-state index in [1.54, 1.807) is 0 Å². The maximum absolute atomic E-state index is 4.83. The smallest absolute Gasteiger partial charge is 0.182 e. The van der Waals surface area contributed by atoms with Gasteiger partial charge in [-0.1, -0.05) is 29.8 Å². The van der Waals surface area contributed by atoms with Gasteiger partial charge >= 0.3 is 0 Å². The summed E-state index contributed by atoms with van der Waals surface area (Å²) in [4.78, 5) is 4.83. The van der Waals surface area contributed by atoms with Crippen LogP contribution in [0, 0.1) is 13.8 Å². The Morgan fingerprint density at radius 3 is 2.55 bits per heavy atom. The van der Waals surface area contributed by atoms with E-state index >= 15 is 0 Å². The number of aromatic amines is 1. The van der Waals surface area contributed by atoms with Gasteiger partial charge in [-0.3, -0.25) is 5.10 Å². The minimum atomic E-state index is 0.860. The summed E-state index contributed by atoms with van der Waals surface area (Å²) >= 11 is 0. The number of fused-ring (bicyclic) bond motifs is 3. The first kappa shape index (κ1) is 11.6. The number of hydrogen-bond donors (Lipinski definition) is 1. The highest BCUT2D eigenvalue weighted by atomic mass is 15.1. The highest BCUT2D eigenvalue weighted by molar-refractivity contribution is 5.87. The van der Waals surface area contributed by atoms with E-state index in [1.165, 1.54) is 34.1 Å². The van der Waals surface area contributed by atoms with Crippen molar-refractivity contribution in [1.29, 1.82) is 0 Å². The van der Waals surface area contributed by atoms with Crippen molar-refractivity contribution < 1.29 is 0 Å². The molecule has 3 aromatic rings. The van der Waals surface area contributed by atoms with Crippen molar-refractivity contribution in [2.75, 3.05) is 0 Å². The van der Waals surface area contributed by atoms with E-state index in [-0.39, 0.29) is 0 Å². The van der Waals surface area contributed by atoms with Crippen LogP contribution in [0.15, 0.2) is 24.3 Å². The summed E-state index contributed by atoms with van der Waals surface area (Å²) in [5.41, 5.74) is 8.48. The van der Waals surface area contributed by atoms with Crippen LogP contribution in [-0.4, -0.2) is 15.2 Å². The number of pyridine rings is 1. The zero-order valence-corrected chi connectivity index (χ0v) is 11.8. The molecule has 100 valence electrons. The molecular formula is C17H17N3. The van der Waals surface area contributed by atoms with Crippen molar-refractivity contribution in [2.24, 2.45) is 0 Å². The van der Waals surface area contributed by atoms with Crippen LogP contribution in [0.4, 0.5) is 0 Å². The molecular weight excluding hydrogens is 246 g/mol. The van der Waals surface area contributed by atoms with Crippen LogP contribution in [0.3, 0.4) is 0 Å². The van der Waals surface area contributed by atoms with Crippen LogP contribution in [-0.2, 0) is 12.8 Å². The first-order valence-electron chi connectivity index (χ1n) is 7.17. The summed E-state index contributed by atoms with van der Waals surface area (Å²) in [6, 6.07) is 8.64. The highest BCUT2D eigenvalue weighted by Gasteiger charge is 2.22. The second-order valence-electron chi connectivity index (χ2n) is 5.68. The average Bonchev–Trinajstić information content (AvgIpc) is 3.05. The van der Waals surface area contributed by atoms with E-state index < -0.39 is 0 Å². The molecule has 1 aromatic carbocycles. The summed E-state index contributed by atoms with van der Waals surface area (Å²) in [6.07, 6.45) is 3.50. The molecule has 3 heteroatoms. The molecule has 2 aromatic heterocycles. The molecule has 0 saturated heterocycles. The fraction of sp³-hybridized carbons (Fsp3) is 0.294. The molecule has 0 spiro atoms. The summed E-state index contributed by atoms with van der Waals surface area (Å²) in [6.45, 7) is 4.20. The molecule has 0 fully saturated rings. The number of nitrogens with one attached hydrogen (secondary N) is 1. The van der Waals surface area contributed by atoms with Gasteiger partial charge in [0, 0.05) is 16.6 Å². The normalized spacial score (nSPS) is 13.9. The van der Waals surface area contributed by atoms with Gasteiger partial charge < -0.3 is 0 Å². The monoisotopic (exact) mass is 263 g/mol. The lowest BCUT2D eigenvalue weighted by Crippen LogP contribution is -1.95. The first-order valence-corrected chi connectivity index (χ1v) is 7.17. The van der Waals surface area contributed by atoms with Gasteiger partial charge in [-0.2, -0.15) is 5.10 Å². The number of aryl methyl sites for hydroxylation is 3. The van der Waals surface area contributed by atoms with Crippen LogP contribution in [0.1, 0.15) is 28.8 Å². The lowest BCUT2D eigenvalue weighted by molar-refractivity contribution is 0.912. The Morgan fingerprint density at radius 2 is 1.75 bits per heavy atom. The third-order valence-electron chi connectivity index (χ3n) is 4.28. The lowest BCUT2D eigenvalue weighted by atomic mass is 9.99. The number of H-pyrrole nitrogens is 1. The molecule has 4 rings (SSSR count). The zero-order valence-electron chi connectivity index (χ0n) is 11.8. The maximum Gasteiger partial charge on any atom is 0.182 e. The van der Waals surface area contributed by atoms with Crippen LogP contribution >= 0.6 is 0 Å². The van der Waals surface area contributed by atoms with Crippen molar-refractivity contribution in [2.45, 2.75) is 33.1 Å². The Kier molecular flexibility index (Phi) is 2.43. The van der Waals surface area contributed by atoms with Crippen LogP contribution in [0.2, 0.25) is 0 Å². The maximum atomic E-state index is 4.83. The van der Waals surface area contributed by atoms with Crippen LogP contribution in [0.25, 0.3) is 22.3 Å². The van der Waals surface area contributed by atoms with Crippen molar-refractivity contribution >= 4 is 11.0 Å². The Hall–Kier alpha value is -2.16. The largest absolute Gasteiger partial charge is 0.280 e. The minimum Gasteiger partial charge on any atom is -0.280 e. The van der Waals surface area contributed by atoms with Gasteiger partial charge in [-0.05, 0) is 44.2 Å². The third-order valence-corrected chi connectivity index (χ3v) is 4.28. The summed E-state index contributed by atoms with van der Waals surface area (Å²) in [5, 5.41) is 8.69. The van der Waals surface area contributed by atoms with Crippen LogP contribution in [0.5, 0.6) is 0 Å². The molecule has 1 aliphatic rings. The fourth-order valence-electron chi connectivity index (χ4n) is 3.26. The Labute approximate surface area is 118 Å². The molecule has 2 heterocycles. The van der Waals surface area contributed by atoms with Crippen molar-refractivity contribution in [3.05, 3.63) is 46.6 Å². The summed E-state index contributed by atoms with van der Waals surface area (Å²) in [7, 11) is 0. The quantitative estimate of drug-likeness (QED) is 0.726. The number of benzene rings is 1. The van der Waals surface area contributed by atoms with Gasteiger partial charge in [0.1, 0.15) is 0 Å². The van der Waals surface area contributed by atoms with Crippen LogP contribution < -0.4 is 0 Å². The lowest BCUT2D eigenvalue weighted by Gasteiger charge is -2.09. The SMILES string of the molecule is Cc1ccc(-c2nc3n[nH]c(C)c3c3c2CCC3)cc1. The molecule has 0 saturated carbocycles. The van der Waals surface area contributed by atoms with Crippen molar-refractivity contribution in [3.63, 3.8) is 0 Å². The second kappa shape index (κ2) is 4.17. The number of nitrogens with zero attached hydrogens (tertiary/aromatic N) is 2. The molecule has 0 radical (unpaired) electrons. The molecule has 0 amide bonds. The number of rotatable bonds is 1. The Bertz CT molecular complexity index is 797. The molecule has 0 bridgehead atoms. The molecule has 3 nitrogen and oxygen atoms in total. The Morgan fingerprint density at radius 1 is 1.00 bits per heavy atom. The fourth-order valence-corrected chi connectivity index (χ4v) is 3.26. The van der Waals surface area contributed by atoms with Crippen molar-refractivity contribution in [3.8, 4) is 11.3 Å². The molecule has 0 aliphatic heterocycles. The van der Waals surface area contributed by atoms with Gasteiger partial charge in [-0.15, -0.1) is 0 Å². The predicted molar refractivity (Wildman–Crippen MR) is 80.8 cm³/mol. The van der Waals surface area contributed by atoms with E-state index in [9.17, 15) is 0 Å². The van der Waals surface area contributed by atoms with Crippen molar-refractivity contribution in [1.82, 2.24) is 15.2 Å². The van der Waals surface area contributed by atoms with E-state index in [4.69, 9.17) is 4.98 Å². The molecule has 0 atom stereocenters. The Balaban J connectivity index is 2.03. The van der Waals surface area contributed by atoms with E-state index in [1.807, 2.05) is 0 Å². The standard InChI is InChI=1S/C17H17N3/c1-10-6-8-12(9-7-10)16-14-5-3-4-13(14)15-11(2)19-20-17(15)18-16/h6-9H,3-5H2,1-2H3,(H,18,19,20). The second-order valence-corrected chi connectivity index (χ2v) is 5.68. The van der Waals surface area contributed by atoms with Gasteiger partial charge in [0.15, 0.2) is 5.65 Å². The molecule has 1 aliphatic carbocycles. The number of aromatic nitrogens is 3. The summed E-state index contributed by atoms with van der Waals surface area (Å²) in [5.74, 6) is 0. The summed E-state index contributed by atoms with van der Waals surface area (Å²) < 4.78 is 0. The van der Waals surface area contributed by atoms with E-state index in [0.29, 0.717) is 0 Å². The zero-order chi connectivity index (χ0) is 13.7. The van der Waals surface area contributed by atoms with Gasteiger partial charge in [0.05, 0.1) is 5.69 Å². The first-order chi connectivity index (χ1) is 9.74.